The average molecular weight is 277 g/mol. The molecule has 1 N–H and O–H groups in total. The Morgan fingerprint density at radius 1 is 1.25 bits per heavy atom. The van der Waals surface area contributed by atoms with Crippen molar-refractivity contribution in [3.05, 3.63) is 18.2 Å². The van der Waals surface area contributed by atoms with Crippen LogP contribution < -0.4 is 5.32 Å². The van der Waals surface area contributed by atoms with Crippen molar-refractivity contribution < 1.29 is 0 Å². The van der Waals surface area contributed by atoms with Crippen molar-refractivity contribution in [1.29, 1.82) is 0 Å². The molecule has 1 aliphatic rings. The van der Waals surface area contributed by atoms with E-state index in [4.69, 9.17) is 0 Å². The third-order valence-corrected chi connectivity index (χ3v) is 5.12. The lowest BCUT2D eigenvalue weighted by molar-refractivity contribution is 0.187. The first-order valence-electron chi connectivity index (χ1n) is 8.31. The molecule has 1 unspecified atom stereocenters. The quantitative estimate of drug-likeness (QED) is 0.863. The number of likely N-dealkylation sites (N-methyl/N-ethyl adjacent to an activating group) is 1. The lowest BCUT2D eigenvalue weighted by Crippen LogP contribution is -2.40. The number of nitrogens with one attached hydrogen (secondary N) is 1. The molecule has 0 radical (unpaired) electrons. The summed E-state index contributed by atoms with van der Waals surface area (Å²) < 4.78 is 2.16. The first-order chi connectivity index (χ1) is 9.61. The van der Waals surface area contributed by atoms with Gasteiger partial charge in [0.15, 0.2) is 0 Å². The van der Waals surface area contributed by atoms with E-state index in [-0.39, 0.29) is 0 Å². The van der Waals surface area contributed by atoms with Crippen LogP contribution in [0.1, 0.15) is 52.3 Å². The lowest BCUT2D eigenvalue weighted by Gasteiger charge is -2.35. The molecule has 20 heavy (non-hydrogen) atoms. The Balaban J connectivity index is 1.94. The van der Waals surface area contributed by atoms with Crippen molar-refractivity contribution in [1.82, 2.24) is 14.9 Å². The first kappa shape index (κ1) is 15.6. The summed E-state index contributed by atoms with van der Waals surface area (Å²) in [6, 6.07) is 0.592. The Kier molecular flexibility index (Phi) is 5.64. The lowest BCUT2D eigenvalue weighted by atomic mass is 9.74. The van der Waals surface area contributed by atoms with Crippen LogP contribution in [0.3, 0.4) is 0 Å². The molecule has 0 aliphatic heterocycles. The van der Waals surface area contributed by atoms with Gasteiger partial charge in [0.25, 0.3) is 0 Å². The van der Waals surface area contributed by atoms with E-state index >= 15 is 0 Å². The minimum Gasteiger partial charge on any atom is -0.338 e. The van der Waals surface area contributed by atoms with Gasteiger partial charge >= 0.3 is 0 Å². The van der Waals surface area contributed by atoms with Gasteiger partial charge in [-0.05, 0) is 50.0 Å². The van der Waals surface area contributed by atoms with Crippen molar-refractivity contribution in [2.45, 2.75) is 58.9 Å². The van der Waals surface area contributed by atoms with Crippen molar-refractivity contribution in [3.63, 3.8) is 0 Å². The maximum absolute atomic E-state index is 4.50. The largest absolute Gasteiger partial charge is 0.338 e. The smallest absolute Gasteiger partial charge is 0.109 e. The number of hydrogen-bond acceptors (Lipinski definition) is 2. The molecule has 3 nitrogen and oxygen atoms in total. The van der Waals surface area contributed by atoms with E-state index in [9.17, 15) is 0 Å². The Labute approximate surface area is 124 Å². The summed E-state index contributed by atoms with van der Waals surface area (Å²) >= 11 is 0. The summed E-state index contributed by atoms with van der Waals surface area (Å²) in [5.41, 5.74) is 0. The van der Waals surface area contributed by atoms with Crippen LogP contribution in [0.25, 0.3) is 0 Å². The molecule has 0 aromatic carbocycles. The fourth-order valence-corrected chi connectivity index (χ4v) is 3.67. The number of nitrogens with zero attached hydrogens (tertiary/aromatic N) is 2. The van der Waals surface area contributed by atoms with E-state index in [1.54, 1.807) is 0 Å². The van der Waals surface area contributed by atoms with E-state index in [2.05, 4.69) is 42.7 Å². The van der Waals surface area contributed by atoms with Crippen molar-refractivity contribution >= 4 is 0 Å². The predicted molar refractivity (Wildman–Crippen MR) is 84.7 cm³/mol. The molecule has 2 rings (SSSR count). The molecule has 1 aromatic heterocycles. The number of aryl methyl sites for hydroxylation is 1. The van der Waals surface area contributed by atoms with E-state index < -0.39 is 0 Å². The zero-order chi connectivity index (χ0) is 14.5. The van der Waals surface area contributed by atoms with Crippen LogP contribution in [-0.2, 0) is 13.5 Å². The molecule has 1 heterocycles. The second-order valence-corrected chi connectivity index (χ2v) is 6.74. The Morgan fingerprint density at radius 3 is 2.40 bits per heavy atom. The van der Waals surface area contributed by atoms with Crippen molar-refractivity contribution in [2.24, 2.45) is 24.8 Å². The van der Waals surface area contributed by atoms with E-state index in [0.717, 1.165) is 30.7 Å². The van der Waals surface area contributed by atoms with Gasteiger partial charge < -0.3 is 9.88 Å². The maximum atomic E-state index is 4.50. The molecule has 0 saturated heterocycles. The van der Waals surface area contributed by atoms with E-state index in [1.807, 2.05) is 12.4 Å². The zero-order valence-electron chi connectivity index (χ0n) is 13.6. The highest BCUT2D eigenvalue weighted by molar-refractivity contribution is 4.97. The van der Waals surface area contributed by atoms with Crippen LogP contribution in [0.2, 0.25) is 0 Å². The molecule has 0 bridgehead atoms. The molecular weight excluding hydrogens is 246 g/mol. The van der Waals surface area contributed by atoms with Gasteiger partial charge in [-0.15, -0.1) is 0 Å². The second-order valence-electron chi connectivity index (χ2n) is 6.74. The van der Waals surface area contributed by atoms with Crippen LogP contribution >= 0.6 is 0 Å². The SMILES string of the molecule is CCNC(Cc1nccn1C)C1CCC(C(C)C)CC1. The second kappa shape index (κ2) is 7.26. The summed E-state index contributed by atoms with van der Waals surface area (Å²) in [6.45, 7) is 8.02. The normalized spacial score (nSPS) is 25.1. The van der Waals surface area contributed by atoms with Gasteiger partial charge in [-0.1, -0.05) is 20.8 Å². The van der Waals surface area contributed by atoms with Crippen LogP contribution in [0.4, 0.5) is 0 Å². The highest BCUT2D eigenvalue weighted by Gasteiger charge is 2.29. The van der Waals surface area contributed by atoms with Gasteiger partial charge in [0.1, 0.15) is 5.82 Å². The molecule has 0 amide bonds. The van der Waals surface area contributed by atoms with Crippen LogP contribution in [0.15, 0.2) is 12.4 Å². The summed E-state index contributed by atoms with van der Waals surface area (Å²) in [5.74, 6) is 3.83. The van der Waals surface area contributed by atoms with Crippen molar-refractivity contribution in [2.75, 3.05) is 6.54 Å². The van der Waals surface area contributed by atoms with Crippen LogP contribution in [0.5, 0.6) is 0 Å². The highest BCUT2D eigenvalue weighted by Crippen LogP contribution is 2.35. The molecule has 114 valence electrons. The first-order valence-corrected chi connectivity index (χ1v) is 8.31. The van der Waals surface area contributed by atoms with Crippen molar-refractivity contribution in [3.8, 4) is 0 Å². The summed E-state index contributed by atoms with van der Waals surface area (Å²) in [5, 5.41) is 3.71. The van der Waals surface area contributed by atoms with Gasteiger partial charge in [0.05, 0.1) is 0 Å². The standard InChI is InChI=1S/C17H31N3/c1-5-18-16(12-17-19-10-11-20(17)4)15-8-6-14(7-9-15)13(2)3/h10-11,13-16,18H,5-9,12H2,1-4H3. The Hall–Kier alpha value is -0.830. The topological polar surface area (TPSA) is 29.9 Å². The van der Waals surface area contributed by atoms with Gasteiger partial charge in [-0.2, -0.15) is 0 Å². The summed E-state index contributed by atoms with van der Waals surface area (Å²) in [7, 11) is 2.10. The number of imidazole rings is 1. The average Bonchev–Trinajstić information content (AvgIpc) is 2.84. The molecule has 1 atom stereocenters. The van der Waals surface area contributed by atoms with Crippen LogP contribution in [-0.4, -0.2) is 22.1 Å². The maximum Gasteiger partial charge on any atom is 0.109 e. The van der Waals surface area contributed by atoms with E-state index in [0.29, 0.717) is 6.04 Å². The van der Waals surface area contributed by atoms with Gasteiger partial charge in [0, 0.05) is 31.9 Å². The Bertz CT molecular complexity index is 389. The fourth-order valence-electron chi connectivity index (χ4n) is 3.67. The predicted octanol–water partition coefficient (Wildman–Crippen LogP) is 3.40. The minimum atomic E-state index is 0.592. The molecule has 0 spiro atoms. The minimum absolute atomic E-state index is 0.592. The third-order valence-electron chi connectivity index (χ3n) is 5.12. The number of rotatable bonds is 6. The molecular formula is C17H31N3. The fraction of sp³-hybridized carbons (Fsp3) is 0.824. The molecule has 3 heteroatoms. The van der Waals surface area contributed by atoms with Gasteiger partial charge in [-0.3, -0.25) is 0 Å². The summed E-state index contributed by atoms with van der Waals surface area (Å²) in [4.78, 5) is 4.50. The van der Waals surface area contributed by atoms with Crippen LogP contribution in [0, 0.1) is 17.8 Å². The number of hydrogen-bond donors (Lipinski definition) is 1. The Morgan fingerprint density at radius 2 is 1.90 bits per heavy atom. The molecule has 1 saturated carbocycles. The molecule has 1 fully saturated rings. The number of aromatic nitrogens is 2. The molecule has 1 aromatic rings. The van der Waals surface area contributed by atoms with E-state index in [1.165, 1.54) is 31.5 Å². The van der Waals surface area contributed by atoms with Gasteiger partial charge in [-0.25, -0.2) is 4.98 Å². The monoisotopic (exact) mass is 277 g/mol. The highest BCUT2D eigenvalue weighted by atomic mass is 15.0. The molecule has 1 aliphatic carbocycles. The van der Waals surface area contributed by atoms with Gasteiger partial charge in [0.2, 0.25) is 0 Å². The summed E-state index contributed by atoms with van der Waals surface area (Å²) in [6.07, 6.45) is 10.6. The zero-order valence-corrected chi connectivity index (χ0v) is 13.6. The third kappa shape index (κ3) is 3.85.